The first-order valence-electron chi connectivity index (χ1n) is 11.7. The van der Waals surface area contributed by atoms with Crippen LogP contribution in [0, 0.1) is 11.3 Å². The van der Waals surface area contributed by atoms with Crippen molar-refractivity contribution in [3.63, 3.8) is 0 Å². The van der Waals surface area contributed by atoms with Crippen molar-refractivity contribution in [3.05, 3.63) is 74.3 Å². The molecule has 0 saturated heterocycles. The van der Waals surface area contributed by atoms with Gasteiger partial charge >= 0.3 is 0 Å². The standard InChI is InChI=1S/C26H26Cl2N4O3S/c1-15-23(25(34)32-20-10-9-16(27)12-19(20)28)24(21-8-5-11-35-21)18(13-29)26(30-15)36-14-22(33)31-17-6-3-2-4-7-17/h5,8-12,17,24,30H,2-4,6-7,14H2,1H3,(H,31,33)(H,32,34)/t24-/m1/s1. The van der Waals surface area contributed by atoms with Crippen LogP contribution in [-0.4, -0.2) is 23.6 Å². The van der Waals surface area contributed by atoms with Crippen molar-refractivity contribution < 1.29 is 14.0 Å². The van der Waals surface area contributed by atoms with Crippen molar-refractivity contribution >= 4 is 52.5 Å². The molecule has 7 nitrogen and oxygen atoms in total. The summed E-state index contributed by atoms with van der Waals surface area (Å²) in [6.07, 6.45) is 6.97. The van der Waals surface area contributed by atoms with Gasteiger partial charge in [0, 0.05) is 16.8 Å². The zero-order chi connectivity index (χ0) is 25.7. The maximum absolute atomic E-state index is 13.4. The predicted molar refractivity (Wildman–Crippen MR) is 142 cm³/mol. The molecule has 1 aromatic carbocycles. The van der Waals surface area contributed by atoms with Crippen LogP contribution in [0.25, 0.3) is 0 Å². The van der Waals surface area contributed by atoms with E-state index in [0.29, 0.717) is 43.4 Å². The van der Waals surface area contributed by atoms with Gasteiger partial charge in [-0.1, -0.05) is 54.2 Å². The van der Waals surface area contributed by atoms with Crippen LogP contribution >= 0.6 is 35.0 Å². The molecule has 1 aromatic heterocycles. The van der Waals surface area contributed by atoms with Crippen molar-refractivity contribution in [2.24, 2.45) is 0 Å². The number of nitriles is 1. The van der Waals surface area contributed by atoms with E-state index in [1.807, 2.05) is 0 Å². The number of dihydropyridines is 1. The third-order valence-electron chi connectivity index (χ3n) is 6.22. The fourth-order valence-corrected chi connectivity index (χ4v) is 5.86. The second kappa shape index (κ2) is 11.9. The molecule has 1 saturated carbocycles. The molecule has 0 spiro atoms. The van der Waals surface area contributed by atoms with Crippen LogP contribution in [0.3, 0.4) is 0 Å². The van der Waals surface area contributed by atoms with E-state index in [-0.39, 0.29) is 17.7 Å². The van der Waals surface area contributed by atoms with Crippen LogP contribution in [-0.2, 0) is 9.59 Å². The molecule has 1 fully saturated rings. The van der Waals surface area contributed by atoms with Crippen LogP contribution in [0.2, 0.25) is 10.0 Å². The Kier molecular flexibility index (Phi) is 8.68. The third-order valence-corrected chi connectivity index (χ3v) is 7.78. The number of carbonyl (C=O) groups is 2. The Labute approximate surface area is 224 Å². The van der Waals surface area contributed by atoms with Gasteiger partial charge in [0.15, 0.2) is 0 Å². The van der Waals surface area contributed by atoms with E-state index in [0.717, 1.165) is 25.7 Å². The van der Waals surface area contributed by atoms with E-state index >= 15 is 0 Å². The number of benzene rings is 1. The van der Waals surface area contributed by atoms with Gasteiger partial charge in [-0.25, -0.2) is 0 Å². The number of hydrogen-bond donors (Lipinski definition) is 3. The Morgan fingerprint density at radius 3 is 2.67 bits per heavy atom. The number of anilines is 1. The predicted octanol–water partition coefficient (Wildman–Crippen LogP) is 6.10. The van der Waals surface area contributed by atoms with Gasteiger partial charge in [0.25, 0.3) is 5.91 Å². The first kappa shape index (κ1) is 26.2. The van der Waals surface area contributed by atoms with E-state index < -0.39 is 11.8 Å². The summed E-state index contributed by atoms with van der Waals surface area (Å²) < 4.78 is 5.64. The Hall–Kier alpha value is -2.86. The maximum Gasteiger partial charge on any atom is 0.254 e. The summed E-state index contributed by atoms with van der Waals surface area (Å²) in [5.41, 5.74) is 1.57. The van der Waals surface area contributed by atoms with Gasteiger partial charge in [-0.3, -0.25) is 9.59 Å². The summed E-state index contributed by atoms with van der Waals surface area (Å²) in [6.45, 7) is 1.76. The minimum absolute atomic E-state index is 0.0735. The molecule has 2 heterocycles. The zero-order valence-electron chi connectivity index (χ0n) is 19.7. The van der Waals surface area contributed by atoms with Gasteiger partial charge in [-0.05, 0) is 50.1 Å². The molecule has 2 aromatic rings. The summed E-state index contributed by atoms with van der Waals surface area (Å²) in [4.78, 5) is 26.0. The number of amides is 2. The lowest BCUT2D eigenvalue weighted by atomic mass is 9.85. The highest BCUT2D eigenvalue weighted by molar-refractivity contribution is 8.03. The number of hydrogen-bond acceptors (Lipinski definition) is 6. The molecule has 3 N–H and O–H groups in total. The second-order valence-electron chi connectivity index (χ2n) is 8.74. The lowest BCUT2D eigenvalue weighted by Crippen LogP contribution is -2.37. The third kappa shape index (κ3) is 6.09. The summed E-state index contributed by atoms with van der Waals surface area (Å²) in [7, 11) is 0. The Bertz CT molecular complexity index is 1240. The molecule has 0 unspecified atom stereocenters. The molecule has 0 bridgehead atoms. The second-order valence-corrected chi connectivity index (χ2v) is 10.6. The van der Waals surface area contributed by atoms with Crippen LogP contribution < -0.4 is 16.0 Å². The van der Waals surface area contributed by atoms with Crippen LogP contribution in [0.5, 0.6) is 0 Å². The molecule has 0 radical (unpaired) electrons. The minimum Gasteiger partial charge on any atom is -0.468 e. The maximum atomic E-state index is 13.4. The van der Waals surface area contributed by atoms with Crippen molar-refractivity contribution in [2.75, 3.05) is 11.1 Å². The SMILES string of the molecule is CC1=C(C(=O)Nc2ccc(Cl)cc2Cl)[C@@H](c2ccco2)C(C#N)=C(SCC(=O)NC2CCCCC2)N1. The van der Waals surface area contributed by atoms with E-state index in [2.05, 4.69) is 22.0 Å². The highest BCUT2D eigenvalue weighted by Gasteiger charge is 2.36. The number of allylic oxidation sites excluding steroid dienone is 2. The highest BCUT2D eigenvalue weighted by atomic mass is 35.5. The first-order valence-corrected chi connectivity index (χ1v) is 13.5. The molecule has 188 valence electrons. The van der Waals surface area contributed by atoms with Crippen molar-refractivity contribution in [1.29, 1.82) is 5.26 Å². The molecule has 1 aliphatic heterocycles. The number of carbonyl (C=O) groups excluding carboxylic acids is 2. The van der Waals surface area contributed by atoms with Crippen LogP contribution in [0.1, 0.15) is 50.7 Å². The Morgan fingerprint density at radius 2 is 2.00 bits per heavy atom. The van der Waals surface area contributed by atoms with Gasteiger partial charge in [0.2, 0.25) is 5.91 Å². The highest BCUT2D eigenvalue weighted by Crippen LogP contribution is 2.41. The van der Waals surface area contributed by atoms with Crippen molar-refractivity contribution in [2.45, 2.75) is 51.0 Å². The van der Waals surface area contributed by atoms with Crippen LogP contribution in [0.4, 0.5) is 5.69 Å². The minimum atomic E-state index is -0.749. The number of nitrogens with zero attached hydrogens (tertiary/aromatic N) is 1. The number of halogens is 2. The normalized spacial score (nSPS) is 18.4. The van der Waals surface area contributed by atoms with Crippen LogP contribution in [0.15, 0.2) is 62.9 Å². The van der Waals surface area contributed by atoms with E-state index in [1.54, 1.807) is 31.2 Å². The van der Waals surface area contributed by atoms with Crippen molar-refractivity contribution in [1.82, 2.24) is 10.6 Å². The first-order chi connectivity index (χ1) is 17.4. The summed E-state index contributed by atoms with van der Waals surface area (Å²) in [5, 5.41) is 20.5. The Balaban J connectivity index is 1.57. The van der Waals surface area contributed by atoms with E-state index in [9.17, 15) is 14.9 Å². The Morgan fingerprint density at radius 1 is 1.22 bits per heavy atom. The fraction of sp³-hybridized carbons (Fsp3) is 0.346. The number of thioether (sulfide) groups is 1. The topological polar surface area (TPSA) is 107 Å². The molecule has 1 aliphatic carbocycles. The molecule has 1 atom stereocenters. The van der Waals surface area contributed by atoms with Crippen molar-refractivity contribution in [3.8, 4) is 6.07 Å². The molecular weight excluding hydrogens is 519 g/mol. The molecule has 36 heavy (non-hydrogen) atoms. The van der Waals surface area contributed by atoms with Gasteiger partial charge in [-0.2, -0.15) is 5.26 Å². The average Bonchev–Trinajstić information content (AvgIpc) is 3.39. The summed E-state index contributed by atoms with van der Waals surface area (Å²) >= 11 is 13.5. The van der Waals surface area contributed by atoms with Gasteiger partial charge in [0.1, 0.15) is 5.76 Å². The largest absolute Gasteiger partial charge is 0.468 e. The monoisotopic (exact) mass is 544 g/mol. The van der Waals surface area contributed by atoms with E-state index in [1.165, 1.54) is 30.5 Å². The molecule has 2 aliphatic rings. The summed E-state index contributed by atoms with van der Waals surface area (Å²) in [5.74, 6) is -0.650. The fourth-order valence-electron chi connectivity index (χ4n) is 4.50. The molecular formula is C26H26Cl2N4O3S. The van der Waals surface area contributed by atoms with Gasteiger partial charge in [-0.15, -0.1) is 0 Å². The number of furan rings is 1. The number of rotatable bonds is 7. The number of nitrogens with one attached hydrogen (secondary N) is 3. The molecule has 2 amide bonds. The lowest BCUT2D eigenvalue weighted by molar-refractivity contribution is -0.119. The lowest BCUT2D eigenvalue weighted by Gasteiger charge is -2.28. The molecule has 10 heteroatoms. The van der Waals surface area contributed by atoms with Gasteiger partial charge < -0.3 is 20.4 Å². The molecule has 4 rings (SSSR count). The zero-order valence-corrected chi connectivity index (χ0v) is 22.0. The quantitative estimate of drug-likeness (QED) is 0.388. The summed E-state index contributed by atoms with van der Waals surface area (Å²) in [6, 6.07) is 10.7. The average molecular weight is 545 g/mol. The van der Waals surface area contributed by atoms with Gasteiger partial charge in [0.05, 0.1) is 50.9 Å². The van der Waals surface area contributed by atoms with E-state index in [4.69, 9.17) is 27.6 Å². The smallest absolute Gasteiger partial charge is 0.254 e.